The van der Waals surface area contributed by atoms with E-state index < -0.39 is 0 Å². The van der Waals surface area contributed by atoms with E-state index in [0.717, 1.165) is 21.8 Å². The topological polar surface area (TPSA) is 54.9 Å². The molecule has 0 unspecified atom stereocenters. The standard InChI is InChI=1S/C18H16ClN3OS/c1-12-4-5-14(9-15(12)19)21-17(23)6-7-18-22-16(11-24-18)13-3-2-8-20-10-13/h2-5,8-11H,6-7H2,1H3,(H,21,23). The molecule has 0 saturated heterocycles. The van der Waals surface area contributed by atoms with Crippen molar-refractivity contribution in [1.82, 2.24) is 9.97 Å². The number of carbonyl (C=O) groups is 1. The van der Waals surface area contributed by atoms with E-state index in [1.165, 1.54) is 0 Å². The Bertz CT molecular complexity index is 848. The van der Waals surface area contributed by atoms with Crippen molar-refractivity contribution in [2.24, 2.45) is 0 Å². The number of nitrogens with zero attached hydrogens (tertiary/aromatic N) is 2. The first-order valence-electron chi connectivity index (χ1n) is 7.52. The molecule has 1 N–H and O–H groups in total. The lowest BCUT2D eigenvalue weighted by Gasteiger charge is -2.06. The van der Waals surface area contributed by atoms with Gasteiger partial charge in [0.15, 0.2) is 0 Å². The molecule has 4 nitrogen and oxygen atoms in total. The van der Waals surface area contributed by atoms with E-state index >= 15 is 0 Å². The average Bonchev–Trinajstić information content (AvgIpc) is 3.06. The molecule has 0 atom stereocenters. The molecule has 122 valence electrons. The molecule has 3 aromatic rings. The number of aromatic nitrogens is 2. The van der Waals surface area contributed by atoms with Crippen LogP contribution in [0.25, 0.3) is 11.3 Å². The number of halogens is 1. The third-order valence-electron chi connectivity index (χ3n) is 3.53. The van der Waals surface area contributed by atoms with Gasteiger partial charge in [-0.2, -0.15) is 0 Å². The van der Waals surface area contributed by atoms with Gasteiger partial charge in [-0.25, -0.2) is 4.98 Å². The summed E-state index contributed by atoms with van der Waals surface area (Å²) in [6, 6.07) is 9.36. The molecule has 3 rings (SSSR count). The average molecular weight is 358 g/mol. The number of rotatable bonds is 5. The highest BCUT2D eigenvalue weighted by Gasteiger charge is 2.08. The van der Waals surface area contributed by atoms with Gasteiger partial charge in [-0.1, -0.05) is 17.7 Å². The smallest absolute Gasteiger partial charge is 0.224 e. The Labute approximate surface area is 149 Å². The number of hydrogen-bond donors (Lipinski definition) is 1. The maximum absolute atomic E-state index is 12.1. The van der Waals surface area contributed by atoms with Crippen molar-refractivity contribution in [3.63, 3.8) is 0 Å². The van der Waals surface area contributed by atoms with Gasteiger partial charge in [-0.3, -0.25) is 9.78 Å². The molecule has 1 amide bonds. The zero-order valence-electron chi connectivity index (χ0n) is 13.1. The number of hydrogen-bond acceptors (Lipinski definition) is 4. The van der Waals surface area contributed by atoms with Crippen LogP contribution in [-0.4, -0.2) is 15.9 Å². The summed E-state index contributed by atoms with van der Waals surface area (Å²) >= 11 is 7.62. The van der Waals surface area contributed by atoms with E-state index in [1.54, 1.807) is 29.8 Å². The van der Waals surface area contributed by atoms with Crippen molar-refractivity contribution >= 4 is 34.5 Å². The fourth-order valence-corrected chi connectivity index (χ4v) is 3.18. The molecular formula is C18H16ClN3OS. The summed E-state index contributed by atoms with van der Waals surface area (Å²) < 4.78 is 0. The van der Waals surface area contributed by atoms with Crippen LogP contribution in [0.1, 0.15) is 17.0 Å². The Balaban J connectivity index is 1.56. The fourth-order valence-electron chi connectivity index (χ4n) is 2.19. The molecule has 2 aromatic heterocycles. The van der Waals surface area contributed by atoms with Crippen molar-refractivity contribution in [3.8, 4) is 11.3 Å². The molecule has 0 aliphatic rings. The summed E-state index contributed by atoms with van der Waals surface area (Å²) in [5.74, 6) is -0.0481. The third-order valence-corrected chi connectivity index (χ3v) is 4.85. The number of carbonyl (C=O) groups excluding carboxylic acids is 1. The fraction of sp³-hybridized carbons (Fsp3) is 0.167. The maximum atomic E-state index is 12.1. The monoisotopic (exact) mass is 357 g/mol. The minimum absolute atomic E-state index is 0.0481. The van der Waals surface area contributed by atoms with Crippen LogP contribution < -0.4 is 5.32 Å². The molecule has 24 heavy (non-hydrogen) atoms. The maximum Gasteiger partial charge on any atom is 0.224 e. The molecule has 1 aromatic carbocycles. The zero-order valence-corrected chi connectivity index (χ0v) is 14.7. The highest BCUT2D eigenvalue weighted by atomic mass is 35.5. The number of anilines is 1. The summed E-state index contributed by atoms with van der Waals surface area (Å²) in [6.07, 6.45) is 4.51. The van der Waals surface area contributed by atoms with Gasteiger partial charge in [-0.15, -0.1) is 11.3 Å². The van der Waals surface area contributed by atoms with E-state index in [9.17, 15) is 4.79 Å². The van der Waals surface area contributed by atoms with Gasteiger partial charge in [-0.05, 0) is 36.8 Å². The second-order valence-electron chi connectivity index (χ2n) is 5.38. The van der Waals surface area contributed by atoms with Crippen LogP contribution in [0.3, 0.4) is 0 Å². The zero-order chi connectivity index (χ0) is 16.9. The van der Waals surface area contributed by atoms with Crippen LogP contribution in [0.4, 0.5) is 5.69 Å². The Morgan fingerprint density at radius 2 is 2.21 bits per heavy atom. The lowest BCUT2D eigenvalue weighted by Crippen LogP contribution is -2.12. The first-order chi connectivity index (χ1) is 11.6. The molecule has 0 spiro atoms. The van der Waals surface area contributed by atoms with Crippen molar-refractivity contribution in [3.05, 3.63) is 63.7 Å². The van der Waals surface area contributed by atoms with Crippen LogP contribution >= 0.6 is 22.9 Å². The van der Waals surface area contributed by atoms with Crippen LogP contribution in [0, 0.1) is 6.92 Å². The van der Waals surface area contributed by atoms with Gasteiger partial charge in [0.1, 0.15) is 0 Å². The van der Waals surface area contributed by atoms with Gasteiger partial charge in [0.25, 0.3) is 0 Å². The first-order valence-corrected chi connectivity index (χ1v) is 8.78. The van der Waals surface area contributed by atoms with Crippen LogP contribution in [0.15, 0.2) is 48.1 Å². The lowest BCUT2D eigenvalue weighted by molar-refractivity contribution is -0.116. The van der Waals surface area contributed by atoms with Gasteiger partial charge < -0.3 is 5.32 Å². The predicted octanol–water partition coefficient (Wildman–Crippen LogP) is 4.74. The summed E-state index contributed by atoms with van der Waals surface area (Å²) in [6.45, 7) is 1.93. The summed E-state index contributed by atoms with van der Waals surface area (Å²) in [5, 5.41) is 6.44. The van der Waals surface area contributed by atoms with Gasteiger partial charge >= 0.3 is 0 Å². The van der Waals surface area contributed by atoms with E-state index in [2.05, 4.69) is 15.3 Å². The number of aryl methyl sites for hydroxylation is 2. The predicted molar refractivity (Wildman–Crippen MR) is 98.5 cm³/mol. The van der Waals surface area contributed by atoms with Crippen molar-refractivity contribution < 1.29 is 4.79 Å². The summed E-state index contributed by atoms with van der Waals surface area (Å²) in [7, 11) is 0. The Morgan fingerprint density at radius 3 is 2.96 bits per heavy atom. The molecule has 0 saturated carbocycles. The normalized spacial score (nSPS) is 10.6. The molecule has 2 heterocycles. The first kappa shape index (κ1) is 16.6. The third kappa shape index (κ3) is 4.19. The van der Waals surface area contributed by atoms with Gasteiger partial charge in [0, 0.05) is 46.9 Å². The summed E-state index contributed by atoms with van der Waals surface area (Å²) in [4.78, 5) is 20.7. The second-order valence-corrected chi connectivity index (χ2v) is 6.73. The molecule has 0 radical (unpaired) electrons. The summed E-state index contributed by atoms with van der Waals surface area (Å²) in [5.41, 5.74) is 3.58. The minimum atomic E-state index is -0.0481. The van der Waals surface area contributed by atoms with Crippen LogP contribution in [-0.2, 0) is 11.2 Å². The number of amides is 1. The largest absolute Gasteiger partial charge is 0.326 e. The second kappa shape index (κ2) is 7.55. The SMILES string of the molecule is Cc1ccc(NC(=O)CCc2nc(-c3cccnc3)cs2)cc1Cl. The Morgan fingerprint density at radius 1 is 1.33 bits per heavy atom. The number of pyridine rings is 1. The van der Waals surface area contributed by atoms with Crippen molar-refractivity contribution in [2.75, 3.05) is 5.32 Å². The Hall–Kier alpha value is -2.24. The molecule has 0 aliphatic carbocycles. The minimum Gasteiger partial charge on any atom is -0.326 e. The van der Waals surface area contributed by atoms with E-state index in [1.807, 2.05) is 36.6 Å². The van der Waals surface area contributed by atoms with Crippen molar-refractivity contribution in [1.29, 1.82) is 0 Å². The Kier molecular flexibility index (Phi) is 5.23. The molecular weight excluding hydrogens is 342 g/mol. The van der Waals surface area contributed by atoms with Crippen LogP contribution in [0.5, 0.6) is 0 Å². The molecule has 0 fully saturated rings. The van der Waals surface area contributed by atoms with Crippen LogP contribution in [0.2, 0.25) is 5.02 Å². The lowest BCUT2D eigenvalue weighted by atomic mass is 10.2. The number of benzene rings is 1. The van der Waals surface area contributed by atoms with E-state index in [-0.39, 0.29) is 5.91 Å². The molecule has 6 heteroatoms. The van der Waals surface area contributed by atoms with Gasteiger partial charge in [0.05, 0.1) is 10.7 Å². The highest BCUT2D eigenvalue weighted by Crippen LogP contribution is 2.22. The van der Waals surface area contributed by atoms with Crippen molar-refractivity contribution in [2.45, 2.75) is 19.8 Å². The number of nitrogens with one attached hydrogen (secondary N) is 1. The van der Waals surface area contributed by atoms with E-state index in [4.69, 9.17) is 11.6 Å². The molecule has 0 bridgehead atoms. The van der Waals surface area contributed by atoms with E-state index in [0.29, 0.717) is 23.6 Å². The van der Waals surface area contributed by atoms with Gasteiger partial charge in [0.2, 0.25) is 5.91 Å². The number of thiazole rings is 1. The quantitative estimate of drug-likeness (QED) is 0.717. The highest BCUT2D eigenvalue weighted by molar-refractivity contribution is 7.09. The molecule has 0 aliphatic heterocycles.